The Balaban J connectivity index is 2.26. The number of aromatic amines is 1. The van der Waals surface area contributed by atoms with Crippen molar-refractivity contribution in [3.05, 3.63) is 58.3 Å². The Morgan fingerprint density at radius 2 is 2.06 bits per heavy atom. The number of anilines is 2. The Morgan fingerprint density at radius 1 is 1.28 bits per heavy atom. The van der Waals surface area contributed by atoms with Crippen molar-refractivity contribution in [2.24, 2.45) is 0 Å². The van der Waals surface area contributed by atoms with Crippen molar-refractivity contribution in [2.75, 3.05) is 11.1 Å². The Hall–Kier alpha value is -2.63. The molecular formula is C12H10FN3O2. The van der Waals surface area contributed by atoms with E-state index in [0.717, 1.165) is 6.07 Å². The molecule has 1 heterocycles. The summed E-state index contributed by atoms with van der Waals surface area (Å²) in [5.41, 5.74) is 5.67. The predicted octanol–water partition coefficient (Wildman–Crippen LogP) is 1.35. The van der Waals surface area contributed by atoms with E-state index in [1.807, 2.05) is 0 Å². The normalized spacial score (nSPS) is 10.1. The van der Waals surface area contributed by atoms with Crippen LogP contribution >= 0.6 is 0 Å². The first kappa shape index (κ1) is 11.8. The van der Waals surface area contributed by atoms with Gasteiger partial charge in [-0.15, -0.1) is 0 Å². The lowest BCUT2D eigenvalue weighted by Gasteiger charge is -2.07. The number of hydrogen-bond donors (Lipinski definition) is 3. The van der Waals surface area contributed by atoms with Gasteiger partial charge in [0.05, 0.1) is 11.4 Å². The first-order chi connectivity index (χ1) is 8.56. The van der Waals surface area contributed by atoms with Crippen molar-refractivity contribution in [1.82, 2.24) is 4.98 Å². The van der Waals surface area contributed by atoms with Gasteiger partial charge in [-0.2, -0.15) is 0 Å². The van der Waals surface area contributed by atoms with E-state index in [-0.39, 0.29) is 17.1 Å². The van der Waals surface area contributed by atoms with Crippen LogP contribution in [0.5, 0.6) is 0 Å². The highest BCUT2D eigenvalue weighted by Crippen LogP contribution is 2.19. The van der Waals surface area contributed by atoms with E-state index < -0.39 is 17.3 Å². The summed E-state index contributed by atoms with van der Waals surface area (Å²) < 4.78 is 13.0. The maximum atomic E-state index is 13.0. The zero-order valence-corrected chi connectivity index (χ0v) is 9.24. The zero-order chi connectivity index (χ0) is 13.1. The molecule has 0 bridgehead atoms. The number of carbonyl (C=O) groups is 1. The third kappa shape index (κ3) is 2.54. The van der Waals surface area contributed by atoms with Crippen LogP contribution in [-0.2, 0) is 0 Å². The number of carbonyl (C=O) groups excluding carboxylic acids is 1. The highest BCUT2D eigenvalue weighted by molar-refractivity contribution is 6.04. The third-order valence-corrected chi connectivity index (χ3v) is 2.28. The summed E-state index contributed by atoms with van der Waals surface area (Å²) in [6, 6.07) is 7.81. The van der Waals surface area contributed by atoms with Crippen LogP contribution < -0.4 is 16.6 Å². The second kappa shape index (κ2) is 4.70. The molecule has 1 amide bonds. The third-order valence-electron chi connectivity index (χ3n) is 2.28. The van der Waals surface area contributed by atoms with Crippen LogP contribution in [0, 0.1) is 5.82 Å². The molecule has 1 aromatic carbocycles. The number of rotatable bonds is 2. The second-order valence-corrected chi connectivity index (χ2v) is 3.61. The molecule has 5 nitrogen and oxygen atoms in total. The van der Waals surface area contributed by atoms with Crippen molar-refractivity contribution >= 4 is 17.3 Å². The average molecular weight is 247 g/mol. The lowest BCUT2D eigenvalue weighted by atomic mass is 10.2. The fraction of sp³-hybridized carbons (Fsp3) is 0. The highest BCUT2D eigenvalue weighted by atomic mass is 19.1. The van der Waals surface area contributed by atoms with Crippen LogP contribution in [0.4, 0.5) is 15.8 Å². The molecule has 92 valence electrons. The molecule has 0 aliphatic carbocycles. The lowest BCUT2D eigenvalue weighted by Crippen LogP contribution is -2.18. The molecule has 0 unspecified atom stereocenters. The largest absolute Gasteiger partial charge is 0.397 e. The molecular weight excluding hydrogens is 237 g/mol. The summed E-state index contributed by atoms with van der Waals surface area (Å²) in [6.07, 6.45) is 0. The molecule has 0 spiro atoms. The zero-order valence-electron chi connectivity index (χ0n) is 9.24. The van der Waals surface area contributed by atoms with Crippen molar-refractivity contribution in [1.29, 1.82) is 0 Å². The van der Waals surface area contributed by atoms with Crippen LogP contribution in [0.1, 0.15) is 10.5 Å². The minimum absolute atomic E-state index is 0.0751. The molecule has 0 fully saturated rings. The van der Waals surface area contributed by atoms with Gasteiger partial charge in [-0.1, -0.05) is 6.07 Å². The SMILES string of the molecule is Nc1ccc(F)cc1NC(=O)c1cccc(=O)[nH]1. The topological polar surface area (TPSA) is 88.0 Å². The molecule has 0 aliphatic rings. The van der Waals surface area contributed by atoms with Gasteiger partial charge in [0.2, 0.25) is 5.56 Å². The van der Waals surface area contributed by atoms with Gasteiger partial charge in [-0.25, -0.2) is 4.39 Å². The Labute approximate surface area is 101 Å². The number of hydrogen-bond acceptors (Lipinski definition) is 3. The van der Waals surface area contributed by atoms with Gasteiger partial charge in [0, 0.05) is 6.07 Å². The number of nitrogens with two attached hydrogens (primary N) is 1. The summed E-state index contributed by atoms with van der Waals surface area (Å²) in [5.74, 6) is -1.08. The van der Waals surface area contributed by atoms with Gasteiger partial charge >= 0.3 is 0 Å². The maximum absolute atomic E-state index is 13.0. The average Bonchev–Trinajstić information content (AvgIpc) is 2.34. The molecule has 0 radical (unpaired) electrons. The molecule has 2 rings (SSSR count). The highest BCUT2D eigenvalue weighted by Gasteiger charge is 2.09. The van der Waals surface area contributed by atoms with Crippen molar-refractivity contribution < 1.29 is 9.18 Å². The van der Waals surface area contributed by atoms with Crippen molar-refractivity contribution in [2.45, 2.75) is 0 Å². The molecule has 0 saturated heterocycles. The molecule has 2 aromatic rings. The molecule has 4 N–H and O–H groups in total. The van der Waals surface area contributed by atoms with Gasteiger partial charge in [0.25, 0.3) is 5.91 Å². The van der Waals surface area contributed by atoms with Gasteiger partial charge in [0.1, 0.15) is 11.5 Å². The number of H-pyrrole nitrogens is 1. The minimum Gasteiger partial charge on any atom is -0.397 e. The van der Waals surface area contributed by atoms with Crippen molar-refractivity contribution in [3.63, 3.8) is 0 Å². The van der Waals surface area contributed by atoms with E-state index in [9.17, 15) is 14.0 Å². The number of benzene rings is 1. The van der Waals surface area contributed by atoms with E-state index in [1.165, 1.54) is 30.3 Å². The summed E-state index contributed by atoms with van der Waals surface area (Å²) in [5, 5.41) is 2.42. The van der Waals surface area contributed by atoms with E-state index >= 15 is 0 Å². The van der Waals surface area contributed by atoms with Crippen LogP contribution in [-0.4, -0.2) is 10.9 Å². The molecule has 1 aromatic heterocycles. The minimum atomic E-state index is -0.565. The van der Waals surface area contributed by atoms with E-state index in [2.05, 4.69) is 10.3 Å². The second-order valence-electron chi connectivity index (χ2n) is 3.61. The summed E-state index contributed by atoms with van der Waals surface area (Å²) in [7, 11) is 0. The molecule has 0 aliphatic heterocycles. The molecule has 0 atom stereocenters. The number of amides is 1. The van der Waals surface area contributed by atoms with Crippen molar-refractivity contribution in [3.8, 4) is 0 Å². The predicted molar refractivity (Wildman–Crippen MR) is 65.8 cm³/mol. The first-order valence-electron chi connectivity index (χ1n) is 5.12. The Bertz CT molecular complexity index is 652. The molecule has 18 heavy (non-hydrogen) atoms. The standard InChI is InChI=1S/C12H10FN3O2/c13-7-4-5-8(14)10(6-7)16-12(18)9-2-1-3-11(17)15-9/h1-6H,14H2,(H,15,17)(H,16,18). The van der Waals surface area contributed by atoms with Gasteiger partial charge in [-0.3, -0.25) is 9.59 Å². The first-order valence-corrected chi connectivity index (χ1v) is 5.12. The quantitative estimate of drug-likeness (QED) is 0.700. The van der Waals surface area contributed by atoms with Crippen LogP contribution in [0.2, 0.25) is 0 Å². The van der Waals surface area contributed by atoms with Crippen LogP contribution in [0.25, 0.3) is 0 Å². The van der Waals surface area contributed by atoms with E-state index in [4.69, 9.17) is 5.73 Å². The van der Waals surface area contributed by atoms with Crippen LogP contribution in [0.15, 0.2) is 41.2 Å². The smallest absolute Gasteiger partial charge is 0.272 e. The fourth-order valence-electron chi connectivity index (χ4n) is 1.41. The number of nitrogen functional groups attached to an aromatic ring is 1. The molecule has 0 saturated carbocycles. The summed E-state index contributed by atoms with van der Waals surface area (Å²) >= 11 is 0. The summed E-state index contributed by atoms with van der Waals surface area (Å²) in [4.78, 5) is 25.2. The Morgan fingerprint density at radius 3 is 2.78 bits per heavy atom. The number of nitrogens with one attached hydrogen (secondary N) is 2. The summed E-state index contributed by atoms with van der Waals surface area (Å²) in [6.45, 7) is 0. The van der Waals surface area contributed by atoms with Gasteiger partial charge in [-0.05, 0) is 24.3 Å². The van der Waals surface area contributed by atoms with Gasteiger partial charge in [0.15, 0.2) is 0 Å². The maximum Gasteiger partial charge on any atom is 0.272 e. The molecule has 6 heteroatoms. The van der Waals surface area contributed by atoms with Gasteiger partial charge < -0.3 is 16.0 Å². The number of halogens is 1. The monoisotopic (exact) mass is 247 g/mol. The number of aromatic nitrogens is 1. The van der Waals surface area contributed by atoms with E-state index in [1.54, 1.807) is 0 Å². The van der Waals surface area contributed by atoms with E-state index in [0.29, 0.717) is 0 Å². The lowest BCUT2D eigenvalue weighted by molar-refractivity contribution is 0.102. The Kier molecular flexibility index (Phi) is 3.09. The number of pyridine rings is 1. The fourth-order valence-corrected chi connectivity index (χ4v) is 1.41. The van der Waals surface area contributed by atoms with Crippen LogP contribution in [0.3, 0.4) is 0 Å².